The zero-order valence-electron chi connectivity index (χ0n) is 6.34. The number of hydrogen-bond donors (Lipinski definition) is 1. The summed E-state index contributed by atoms with van der Waals surface area (Å²) in [6.45, 7) is 5.74. The van der Waals surface area contributed by atoms with Crippen molar-refractivity contribution >= 4 is 0 Å². The fourth-order valence-corrected chi connectivity index (χ4v) is 1.67. The van der Waals surface area contributed by atoms with Gasteiger partial charge in [-0.2, -0.15) is 0 Å². The normalized spacial score (nSPS) is 30.0. The number of hydrogen-bond acceptors (Lipinski definition) is 2. The Morgan fingerprint density at radius 2 is 2.30 bits per heavy atom. The lowest BCUT2D eigenvalue weighted by atomic mass is 9.91. The minimum Gasteiger partial charge on any atom is -0.310 e. The Balaban J connectivity index is 1.78. The Labute approximate surface area is 62.6 Å². The topological polar surface area (TPSA) is 15.3 Å². The molecule has 0 spiro atoms. The van der Waals surface area contributed by atoms with Gasteiger partial charge >= 0.3 is 0 Å². The first-order chi connectivity index (χ1) is 4.97. The maximum Gasteiger partial charge on any atom is 0.0362 e. The van der Waals surface area contributed by atoms with Gasteiger partial charge in [-0.3, -0.25) is 4.90 Å². The maximum atomic E-state index is 3.25. The molecule has 2 aliphatic rings. The summed E-state index contributed by atoms with van der Waals surface area (Å²) in [5.74, 6) is 0. The summed E-state index contributed by atoms with van der Waals surface area (Å²) < 4.78 is 0. The van der Waals surface area contributed by atoms with Crippen LogP contribution in [0.2, 0.25) is 0 Å². The molecule has 0 aromatic rings. The highest BCUT2D eigenvalue weighted by atomic mass is 15.2. The highest BCUT2D eigenvalue weighted by Gasteiger charge is 2.25. The van der Waals surface area contributed by atoms with Gasteiger partial charge in [0.05, 0.1) is 0 Å². The minimum atomic E-state index is 0.929. The second-order valence-electron chi connectivity index (χ2n) is 3.24. The molecule has 0 unspecified atom stereocenters. The highest BCUT2D eigenvalue weighted by molar-refractivity contribution is 4.86. The predicted molar refractivity (Wildman–Crippen MR) is 41.5 cm³/mol. The van der Waals surface area contributed by atoms with Gasteiger partial charge < -0.3 is 5.32 Å². The smallest absolute Gasteiger partial charge is 0.0362 e. The van der Waals surface area contributed by atoms with Crippen LogP contribution in [0.4, 0.5) is 0 Å². The van der Waals surface area contributed by atoms with Gasteiger partial charge in [0, 0.05) is 32.2 Å². The molecule has 1 radical (unpaired) electrons. The molecule has 0 amide bonds. The zero-order chi connectivity index (χ0) is 6.81. The van der Waals surface area contributed by atoms with Crippen LogP contribution in [0.5, 0.6) is 0 Å². The van der Waals surface area contributed by atoms with Crippen LogP contribution in [0.1, 0.15) is 19.3 Å². The van der Waals surface area contributed by atoms with E-state index < -0.39 is 0 Å². The number of piperazine rings is 1. The summed E-state index contributed by atoms with van der Waals surface area (Å²) in [5, 5.41) is 3.25. The first kappa shape index (κ1) is 6.62. The van der Waals surface area contributed by atoms with Crippen molar-refractivity contribution in [2.75, 3.05) is 19.6 Å². The molecular weight excluding hydrogens is 124 g/mol. The molecule has 1 aliphatic heterocycles. The summed E-state index contributed by atoms with van der Waals surface area (Å²) >= 11 is 0. The van der Waals surface area contributed by atoms with E-state index in [4.69, 9.17) is 0 Å². The van der Waals surface area contributed by atoms with Crippen molar-refractivity contribution < 1.29 is 0 Å². The van der Waals surface area contributed by atoms with Crippen molar-refractivity contribution in [3.8, 4) is 0 Å². The van der Waals surface area contributed by atoms with E-state index in [2.05, 4.69) is 16.8 Å². The van der Waals surface area contributed by atoms with Gasteiger partial charge in [0.25, 0.3) is 0 Å². The fourth-order valence-electron chi connectivity index (χ4n) is 1.67. The van der Waals surface area contributed by atoms with Crippen molar-refractivity contribution in [1.29, 1.82) is 0 Å². The number of rotatable bonds is 1. The summed E-state index contributed by atoms with van der Waals surface area (Å²) in [4.78, 5) is 2.58. The van der Waals surface area contributed by atoms with E-state index in [9.17, 15) is 0 Å². The van der Waals surface area contributed by atoms with Gasteiger partial charge in [-0.25, -0.2) is 0 Å². The Hall–Kier alpha value is -0.0800. The highest BCUT2D eigenvalue weighted by Crippen LogP contribution is 2.24. The van der Waals surface area contributed by atoms with E-state index in [0.717, 1.165) is 19.1 Å². The van der Waals surface area contributed by atoms with Crippen LogP contribution in [0, 0.1) is 6.54 Å². The predicted octanol–water partition coefficient (Wildman–Crippen LogP) is 0.606. The lowest BCUT2D eigenvalue weighted by molar-refractivity contribution is 0.124. The van der Waals surface area contributed by atoms with E-state index in [1.54, 1.807) is 0 Å². The molecule has 2 rings (SSSR count). The second kappa shape index (κ2) is 2.89. The van der Waals surface area contributed by atoms with Crippen LogP contribution < -0.4 is 5.32 Å². The quantitative estimate of drug-likeness (QED) is 0.572. The number of nitrogens with zero attached hydrogens (tertiary/aromatic N) is 1. The van der Waals surface area contributed by atoms with Crippen molar-refractivity contribution in [1.82, 2.24) is 10.2 Å². The average Bonchev–Trinajstić information content (AvgIpc) is 1.86. The maximum absolute atomic E-state index is 3.25. The van der Waals surface area contributed by atoms with Crippen LogP contribution in [-0.2, 0) is 0 Å². The summed E-state index contributed by atoms with van der Waals surface area (Å²) in [7, 11) is 0. The summed E-state index contributed by atoms with van der Waals surface area (Å²) in [6.07, 6.45) is 4.33. The Bertz CT molecular complexity index is 104. The van der Waals surface area contributed by atoms with Crippen LogP contribution >= 0.6 is 0 Å². The molecule has 57 valence electrons. The van der Waals surface area contributed by atoms with E-state index in [1.165, 1.54) is 25.8 Å². The summed E-state index contributed by atoms with van der Waals surface area (Å²) in [5.41, 5.74) is 0. The molecule has 1 aliphatic carbocycles. The molecule has 0 aromatic carbocycles. The van der Waals surface area contributed by atoms with Gasteiger partial charge in [0.15, 0.2) is 0 Å². The second-order valence-corrected chi connectivity index (χ2v) is 3.24. The monoisotopic (exact) mass is 139 g/mol. The Kier molecular flexibility index (Phi) is 1.91. The Morgan fingerprint density at radius 1 is 1.40 bits per heavy atom. The first-order valence-electron chi connectivity index (χ1n) is 4.26. The molecule has 2 nitrogen and oxygen atoms in total. The van der Waals surface area contributed by atoms with Gasteiger partial charge in [-0.05, 0) is 12.8 Å². The third kappa shape index (κ3) is 1.18. The van der Waals surface area contributed by atoms with Crippen molar-refractivity contribution in [3.63, 3.8) is 0 Å². The van der Waals surface area contributed by atoms with E-state index in [-0.39, 0.29) is 0 Å². The van der Waals surface area contributed by atoms with Crippen LogP contribution in [-0.4, -0.2) is 30.6 Å². The summed E-state index contributed by atoms with van der Waals surface area (Å²) in [6, 6.07) is 0.929. The molecule has 2 fully saturated rings. The lowest BCUT2D eigenvalue weighted by Gasteiger charge is -2.39. The van der Waals surface area contributed by atoms with Gasteiger partial charge in [0.1, 0.15) is 0 Å². The molecule has 10 heavy (non-hydrogen) atoms. The van der Waals surface area contributed by atoms with E-state index >= 15 is 0 Å². The third-order valence-corrected chi connectivity index (χ3v) is 2.60. The van der Waals surface area contributed by atoms with E-state index in [1.807, 2.05) is 0 Å². The van der Waals surface area contributed by atoms with Gasteiger partial charge in [0.2, 0.25) is 0 Å². The third-order valence-electron chi connectivity index (χ3n) is 2.60. The van der Waals surface area contributed by atoms with E-state index in [0.29, 0.717) is 0 Å². The van der Waals surface area contributed by atoms with Gasteiger partial charge in [-0.15, -0.1) is 0 Å². The lowest BCUT2D eigenvalue weighted by Crippen LogP contribution is -2.48. The SMILES string of the molecule is [CH]1CN(C2CCC2)CCN1. The van der Waals surface area contributed by atoms with Crippen LogP contribution in [0.25, 0.3) is 0 Å². The molecular formula is C8H15N2. The zero-order valence-corrected chi connectivity index (χ0v) is 6.34. The standard InChI is InChI=1S/C8H15N2/c1-2-8(3-1)10-6-4-9-5-7-10/h4,8-9H,1-3,5-7H2. The average molecular weight is 139 g/mol. The van der Waals surface area contributed by atoms with Gasteiger partial charge in [-0.1, -0.05) is 6.42 Å². The molecule has 1 saturated heterocycles. The first-order valence-corrected chi connectivity index (χ1v) is 4.26. The molecule has 0 atom stereocenters. The van der Waals surface area contributed by atoms with Crippen LogP contribution in [0.3, 0.4) is 0 Å². The molecule has 1 saturated carbocycles. The van der Waals surface area contributed by atoms with Crippen molar-refractivity contribution in [2.24, 2.45) is 0 Å². The largest absolute Gasteiger partial charge is 0.310 e. The minimum absolute atomic E-state index is 0.929. The molecule has 1 heterocycles. The fraction of sp³-hybridized carbons (Fsp3) is 0.875. The molecule has 2 heteroatoms. The number of nitrogens with one attached hydrogen (secondary N) is 1. The van der Waals surface area contributed by atoms with Crippen LogP contribution in [0.15, 0.2) is 0 Å². The van der Waals surface area contributed by atoms with Crippen molar-refractivity contribution in [2.45, 2.75) is 25.3 Å². The molecule has 0 aromatic heterocycles. The molecule has 1 N–H and O–H groups in total. The van der Waals surface area contributed by atoms with Crippen molar-refractivity contribution in [3.05, 3.63) is 6.54 Å². The Morgan fingerprint density at radius 3 is 2.80 bits per heavy atom. The molecule has 0 bridgehead atoms.